The van der Waals surface area contributed by atoms with Crippen LogP contribution in [0, 0.1) is 6.92 Å². The van der Waals surface area contributed by atoms with Crippen molar-refractivity contribution in [3.05, 3.63) is 32.6 Å². The van der Waals surface area contributed by atoms with Gasteiger partial charge in [-0.15, -0.1) is 0 Å². The van der Waals surface area contributed by atoms with Crippen molar-refractivity contribution in [2.24, 2.45) is 0 Å². The fraction of sp³-hybridized carbons (Fsp3) is 0.636. The van der Waals surface area contributed by atoms with Crippen LogP contribution in [-0.4, -0.2) is 49.3 Å². The summed E-state index contributed by atoms with van der Waals surface area (Å²) in [4.78, 5) is 25.1. The van der Waals surface area contributed by atoms with Crippen molar-refractivity contribution < 1.29 is 20.1 Å². The molecule has 0 amide bonds. The molecule has 0 saturated carbocycles. The predicted octanol–water partition coefficient (Wildman–Crippen LogP) is -2.15. The Morgan fingerprint density at radius 2 is 2.16 bits per heavy atom. The Bertz CT molecular complexity index is 590. The number of hydrogen-bond donors (Lipinski definition) is 4. The van der Waals surface area contributed by atoms with Gasteiger partial charge in [0.1, 0.15) is 17.8 Å². The zero-order chi connectivity index (χ0) is 14.4. The second-order valence-electron chi connectivity index (χ2n) is 4.86. The van der Waals surface area contributed by atoms with E-state index in [1.54, 1.807) is 0 Å². The Morgan fingerprint density at radius 3 is 2.68 bits per heavy atom. The quantitative estimate of drug-likeness (QED) is 0.486. The lowest BCUT2D eigenvalue weighted by molar-refractivity contribution is -0.0988. The monoisotopic (exact) mass is 272 g/mol. The number of aliphatic hydroxyl groups is 3. The SMILES string of the molecule is Cc1cn(C2O[C@H](CO)[C@@H](O)[C@@]2(C)O)c(=O)[nH]c1=O. The predicted molar refractivity (Wildman–Crippen MR) is 63.7 cm³/mol. The summed E-state index contributed by atoms with van der Waals surface area (Å²) in [7, 11) is 0. The number of hydrogen-bond acceptors (Lipinski definition) is 6. The zero-order valence-electron chi connectivity index (χ0n) is 10.5. The van der Waals surface area contributed by atoms with E-state index in [-0.39, 0.29) is 5.56 Å². The summed E-state index contributed by atoms with van der Waals surface area (Å²) in [6, 6.07) is 0. The van der Waals surface area contributed by atoms with Gasteiger partial charge in [0.15, 0.2) is 6.23 Å². The molecule has 8 heteroatoms. The molecule has 2 rings (SSSR count). The standard InChI is InChI=1S/C11H16N2O6/c1-5-3-13(10(17)12-8(5)16)9-11(2,18)7(15)6(4-14)19-9/h3,6-7,9,14-15,18H,4H2,1-2H3,(H,12,16,17)/t6-,7-,9?,11-/m1/s1. The van der Waals surface area contributed by atoms with Crippen molar-refractivity contribution in [2.75, 3.05) is 6.61 Å². The molecule has 1 saturated heterocycles. The summed E-state index contributed by atoms with van der Waals surface area (Å²) in [6.45, 7) is 2.30. The molecule has 0 aliphatic carbocycles. The molecule has 4 N–H and O–H groups in total. The molecule has 19 heavy (non-hydrogen) atoms. The van der Waals surface area contributed by atoms with Crippen LogP contribution < -0.4 is 11.2 Å². The molecule has 0 spiro atoms. The largest absolute Gasteiger partial charge is 0.394 e. The number of nitrogens with zero attached hydrogens (tertiary/aromatic N) is 1. The number of aromatic amines is 1. The van der Waals surface area contributed by atoms with Gasteiger partial charge in [0, 0.05) is 11.8 Å². The maximum Gasteiger partial charge on any atom is 0.330 e. The van der Waals surface area contributed by atoms with Gasteiger partial charge in [-0.2, -0.15) is 0 Å². The molecule has 0 bridgehead atoms. The van der Waals surface area contributed by atoms with Gasteiger partial charge in [-0.25, -0.2) is 4.79 Å². The van der Waals surface area contributed by atoms with Crippen LogP contribution in [0.1, 0.15) is 18.7 Å². The van der Waals surface area contributed by atoms with Gasteiger partial charge in [0.2, 0.25) is 0 Å². The van der Waals surface area contributed by atoms with Crippen LogP contribution in [0.25, 0.3) is 0 Å². The zero-order valence-corrected chi connectivity index (χ0v) is 10.5. The molecule has 1 aliphatic rings. The first kappa shape index (κ1) is 13.9. The van der Waals surface area contributed by atoms with Crippen LogP contribution in [0.4, 0.5) is 0 Å². The molecule has 106 valence electrons. The van der Waals surface area contributed by atoms with E-state index >= 15 is 0 Å². The lowest BCUT2D eigenvalue weighted by atomic mass is 9.96. The minimum Gasteiger partial charge on any atom is -0.394 e. The van der Waals surface area contributed by atoms with Crippen LogP contribution in [0.5, 0.6) is 0 Å². The molecule has 1 aromatic heterocycles. The second kappa shape index (κ2) is 4.57. The number of aliphatic hydroxyl groups excluding tert-OH is 2. The van der Waals surface area contributed by atoms with Gasteiger partial charge < -0.3 is 20.1 Å². The fourth-order valence-corrected chi connectivity index (χ4v) is 2.15. The van der Waals surface area contributed by atoms with E-state index < -0.39 is 41.9 Å². The molecule has 1 aliphatic heterocycles. The molecule has 0 radical (unpaired) electrons. The van der Waals surface area contributed by atoms with Crippen LogP contribution in [-0.2, 0) is 4.74 Å². The summed E-state index contributed by atoms with van der Waals surface area (Å²) in [5.74, 6) is 0. The second-order valence-corrected chi connectivity index (χ2v) is 4.86. The maximum absolute atomic E-state index is 11.7. The molecule has 1 fully saturated rings. The number of ether oxygens (including phenoxy) is 1. The topological polar surface area (TPSA) is 125 Å². The first-order valence-corrected chi connectivity index (χ1v) is 5.78. The highest BCUT2D eigenvalue weighted by atomic mass is 16.6. The molecule has 4 atom stereocenters. The Labute approximate surface area is 107 Å². The van der Waals surface area contributed by atoms with E-state index in [0.717, 1.165) is 4.57 Å². The Hall–Kier alpha value is -1.48. The molecule has 1 unspecified atom stereocenters. The minimum atomic E-state index is -1.76. The average Bonchev–Trinajstić information content (AvgIpc) is 2.56. The first-order valence-electron chi connectivity index (χ1n) is 5.78. The van der Waals surface area contributed by atoms with Gasteiger partial charge >= 0.3 is 5.69 Å². The first-order chi connectivity index (χ1) is 8.78. The molecule has 8 nitrogen and oxygen atoms in total. The summed E-state index contributed by atoms with van der Waals surface area (Å²) in [5, 5.41) is 29.1. The lowest BCUT2D eigenvalue weighted by Crippen LogP contribution is -2.47. The third-order valence-electron chi connectivity index (χ3n) is 3.33. The smallest absolute Gasteiger partial charge is 0.330 e. The van der Waals surface area contributed by atoms with Crippen LogP contribution in [0.15, 0.2) is 15.8 Å². The van der Waals surface area contributed by atoms with Crippen LogP contribution in [0.2, 0.25) is 0 Å². The van der Waals surface area contributed by atoms with Gasteiger partial charge in [-0.05, 0) is 13.8 Å². The summed E-state index contributed by atoms with van der Waals surface area (Å²) >= 11 is 0. The summed E-state index contributed by atoms with van der Waals surface area (Å²) < 4.78 is 6.29. The third kappa shape index (κ3) is 2.12. The van der Waals surface area contributed by atoms with E-state index in [1.807, 2.05) is 0 Å². The van der Waals surface area contributed by atoms with Crippen LogP contribution >= 0.6 is 0 Å². The van der Waals surface area contributed by atoms with Crippen molar-refractivity contribution in [2.45, 2.75) is 37.9 Å². The van der Waals surface area contributed by atoms with E-state index in [2.05, 4.69) is 4.98 Å². The fourth-order valence-electron chi connectivity index (χ4n) is 2.15. The maximum atomic E-state index is 11.7. The van der Waals surface area contributed by atoms with Crippen molar-refractivity contribution in [1.29, 1.82) is 0 Å². The number of rotatable bonds is 2. The molecular formula is C11H16N2O6. The van der Waals surface area contributed by atoms with E-state index in [9.17, 15) is 19.8 Å². The molecule has 0 aromatic carbocycles. The molecular weight excluding hydrogens is 256 g/mol. The summed E-state index contributed by atoms with van der Waals surface area (Å²) in [5.41, 5.74) is -2.78. The van der Waals surface area contributed by atoms with Crippen molar-refractivity contribution >= 4 is 0 Å². The lowest BCUT2D eigenvalue weighted by Gasteiger charge is -2.27. The normalized spacial score (nSPS) is 34.7. The highest BCUT2D eigenvalue weighted by molar-refractivity contribution is 5.05. The number of aromatic nitrogens is 2. The van der Waals surface area contributed by atoms with E-state index in [1.165, 1.54) is 20.0 Å². The average molecular weight is 272 g/mol. The Balaban J connectivity index is 2.51. The Kier molecular flexibility index (Phi) is 3.35. The van der Waals surface area contributed by atoms with Gasteiger partial charge in [-0.1, -0.05) is 0 Å². The van der Waals surface area contributed by atoms with Crippen molar-refractivity contribution in [1.82, 2.24) is 9.55 Å². The minimum absolute atomic E-state index is 0.265. The highest BCUT2D eigenvalue weighted by Gasteiger charge is 2.53. The molecule has 2 heterocycles. The van der Waals surface area contributed by atoms with E-state index in [0.29, 0.717) is 0 Å². The number of H-pyrrole nitrogens is 1. The summed E-state index contributed by atoms with van der Waals surface area (Å²) in [6.07, 6.45) is -2.30. The van der Waals surface area contributed by atoms with Gasteiger partial charge in [0.25, 0.3) is 5.56 Å². The van der Waals surface area contributed by atoms with Crippen LogP contribution in [0.3, 0.4) is 0 Å². The molecule has 1 aromatic rings. The van der Waals surface area contributed by atoms with Gasteiger partial charge in [-0.3, -0.25) is 14.3 Å². The van der Waals surface area contributed by atoms with E-state index in [4.69, 9.17) is 9.84 Å². The van der Waals surface area contributed by atoms with Gasteiger partial charge in [0.05, 0.1) is 6.61 Å². The number of nitrogens with one attached hydrogen (secondary N) is 1. The van der Waals surface area contributed by atoms with Crippen molar-refractivity contribution in [3.63, 3.8) is 0 Å². The number of aryl methyl sites for hydroxylation is 1. The van der Waals surface area contributed by atoms with Crippen molar-refractivity contribution in [3.8, 4) is 0 Å². The Morgan fingerprint density at radius 1 is 1.53 bits per heavy atom. The third-order valence-corrected chi connectivity index (χ3v) is 3.33. The highest BCUT2D eigenvalue weighted by Crippen LogP contribution is 2.37.